The monoisotopic (exact) mass is 218 g/mol. The zero-order valence-corrected chi connectivity index (χ0v) is 7.21. The average Bonchev–Trinajstić information content (AvgIpc) is 2.69. The predicted molar refractivity (Wildman–Crippen MR) is 43.6 cm³/mol. The molecule has 0 saturated carbocycles. The number of nitrogens with zero attached hydrogens (tertiary/aromatic N) is 1. The summed E-state index contributed by atoms with van der Waals surface area (Å²) in [6.45, 7) is 0. The maximum Gasteiger partial charge on any atom is 0.449 e. The van der Waals surface area contributed by atoms with Gasteiger partial charge in [0.1, 0.15) is 5.69 Å². The zero-order chi connectivity index (χ0) is 11.1. The van der Waals surface area contributed by atoms with Gasteiger partial charge in [-0.3, -0.25) is 0 Å². The predicted octanol–water partition coefficient (Wildman–Crippen LogP) is 2.54. The number of furan rings is 1. The number of aromatic nitrogens is 1. The topological polar surface area (TPSA) is 65.2 Å². The van der Waals surface area contributed by atoms with E-state index in [1.54, 1.807) is 0 Å². The first kappa shape index (κ1) is 9.63. The standard InChI is InChI=1S/C8H5F3N2O2/c9-8(10,11)6-2-1-5(14-6)7-4(12)3-13-15-7/h1-3H,12H2. The quantitative estimate of drug-likeness (QED) is 0.798. The lowest BCUT2D eigenvalue weighted by Gasteiger charge is -2.00. The summed E-state index contributed by atoms with van der Waals surface area (Å²) < 4.78 is 45.7. The Morgan fingerprint density at radius 2 is 2.00 bits per heavy atom. The van der Waals surface area contributed by atoms with Gasteiger partial charge in [-0.1, -0.05) is 5.16 Å². The molecule has 0 aliphatic carbocycles. The Kier molecular flexibility index (Phi) is 1.95. The van der Waals surface area contributed by atoms with E-state index in [0.29, 0.717) is 0 Å². The Morgan fingerprint density at radius 3 is 2.47 bits per heavy atom. The van der Waals surface area contributed by atoms with E-state index in [-0.39, 0.29) is 17.2 Å². The molecule has 2 heterocycles. The van der Waals surface area contributed by atoms with Crippen LogP contribution in [0.15, 0.2) is 27.3 Å². The lowest BCUT2D eigenvalue weighted by molar-refractivity contribution is -0.152. The highest BCUT2D eigenvalue weighted by atomic mass is 19.4. The van der Waals surface area contributed by atoms with Gasteiger partial charge in [0.15, 0.2) is 5.76 Å². The molecule has 0 aromatic carbocycles. The van der Waals surface area contributed by atoms with Gasteiger partial charge in [0, 0.05) is 0 Å². The fourth-order valence-corrected chi connectivity index (χ4v) is 1.05. The molecule has 0 aliphatic rings. The summed E-state index contributed by atoms with van der Waals surface area (Å²) in [7, 11) is 0. The molecule has 0 saturated heterocycles. The summed E-state index contributed by atoms with van der Waals surface area (Å²) in [5.41, 5.74) is 5.52. The van der Waals surface area contributed by atoms with Crippen molar-refractivity contribution in [1.29, 1.82) is 0 Å². The molecule has 0 radical (unpaired) electrons. The molecule has 2 rings (SSSR count). The summed E-state index contributed by atoms with van der Waals surface area (Å²) >= 11 is 0. The Labute approximate surface area is 81.4 Å². The maximum atomic E-state index is 12.2. The molecular weight excluding hydrogens is 213 g/mol. The third-order valence-electron chi connectivity index (χ3n) is 1.71. The van der Waals surface area contributed by atoms with Crippen LogP contribution in [0.5, 0.6) is 0 Å². The van der Waals surface area contributed by atoms with Gasteiger partial charge in [-0.25, -0.2) is 0 Å². The highest BCUT2D eigenvalue weighted by Gasteiger charge is 2.35. The summed E-state index contributed by atoms with van der Waals surface area (Å²) in [6.07, 6.45) is -3.34. The first-order chi connectivity index (χ1) is 6.98. The normalized spacial score (nSPS) is 11.9. The van der Waals surface area contributed by atoms with E-state index in [9.17, 15) is 13.2 Å². The molecule has 0 amide bonds. The van der Waals surface area contributed by atoms with Crippen LogP contribution in [-0.4, -0.2) is 5.16 Å². The number of nitrogens with two attached hydrogens (primary N) is 1. The van der Waals surface area contributed by atoms with E-state index < -0.39 is 11.9 Å². The van der Waals surface area contributed by atoms with Crippen LogP contribution >= 0.6 is 0 Å². The van der Waals surface area contributed by atoms with Crippen molar-refractivity contribution < 1.29 is 22.1 Å². The molecule has 2 aromatic heterocycles. The van der Waals surface area contributed by atoms with Crippen molar-refractivity contribution in [3.8, 4) is 11.5 Å². The van der Waals surface area contributed by atoms with Crippen LogP contribution in [0.25, 0.3) is 11.5 Å². The Morgan fingerprint density at radius 1 is 1.27 bits per heavy atom. The number of hydrogen-bond donors (Lipinski definition) is 1. The SMILES string of the molecule is Nc1cnoc1-c1ccc(C(F)(F)F)o1. The van der Waals surface area contributed by atoms with Crippen LogP contribution in [-0.2, 0) is 6.18 Å². The van der Waals surface area contributed by atoms with E-state index >= 15 is 0 Å². The summed E-state index contributed by atoms with van der Waals surface area (Å²) in [5.74, 6) is -1.21. The van der Waals surface area contributed by atoms with Crippen LogP contribution in [0.4, 0.5) is 18.9 Å². The lowest BCUT2D eigenvalue weighted by atomic mass is 10.3. The smallest absolute Gasteiger partial charge is 0.448 e. The van der Waals surface area contributed by atoms with Gasteiger partial charge < -0.3 is 14.7 Å². The fourth-order valence-electron chi connectivity index (χ4n) is 1.05. The van der Waals surface area contributed by atoms with E-state index in [1.165, 1.54) is 6.20 Å². The molecule has 0 spiro atoms. The van der Waals surface area contributed by atoms with Crippen molar-refractivity contribution in [3.63, 3.8) is 0 Å². The Balaban J connectivity index is 2.41. The molecule has 2 N–H and O–H groups in total. The number of halogens is 3. The maximum absolute atomic E-state index is 12.2. The second-order valence-electron chi connectivity index (χ2n) is 2.77. The summed E-state index contributed by atoms with van der Waals surface area (Å²) in [4.78, 5) is 0. The van der Waals surface area contributed by atoms with Gasteiger partial charge in [0.05, 0.1) is 6.20 Å². The van der Waals surface area contributed by atoms with Gasteiger partial charge in [-0.05, 0) is 12.1 Å². The third-order valence-corrected chi connectivity index (χ3v) is 1.71. The van der Waals surface area contributed by atoms with Gasteiger partial charge >= 0.3 is 6.18 Å². The van der Waals surface area contributed by atoms with Gasteiger partial charge in [0.25, 0.3) is 0 Å². The number of hydrogen-bond acceptors (Lipinski definition) is 4. The molecule has 7 heteroatoms. The van der Waals surface area contributed by atoms with E-state index in [2.05, 4.69) is 14.1 Å². The summed E-state index contributed by atoms with van der Waals surface area (Å²) in [5, 5.41) is 3.33. The molecule has 0 bridgehead atoms. The molecule has 0 unspecified atom stereocenters. The number of rotatable bonds is 1. The minimum atomic E-state index is -4.52. The van der Waals surface area contributed by atoms with E-state index in [0.717, 1.165) is 12.1 Å². The molecular formula is C8H5F3N2O2. The van der Waals surface area contributed by atoms with Crippen molar-refractivity contribution in [1.82, 2.24) is 5.16 Å². The van der Waals surface area contributed by atoms with Gasteiger partial charge in [0.2, 0.25) is 11.5 Å². The van der Waals surface area contributed by atoms with Crippen molar-refractivity contribution in [2.45, 2.75) is 6.18 Å². The highest BCUT2D eigenvalue weighted by molar-refractivity contribution is 5.65. The lowest BCUT2D eigenvalue weighted by Crippen LogP contribution is -2.01. The second-order valence-corrected chi connectivity index (χ2v) is 2.77. The highest BCUT2D eigenvalue weighted by Crippen LogP contribution is 2.35. The number of nitrogen functional groups attached to an aromatic ring is 1. The third kappa shape index (κ3) is 1.67. The van der Waals surface area contributed by atoms with Crippen LogP contribution in [0.2, 0.25) is 0 Å². The van der Waals surface area contributed by atoms with Gasteiger partial charge in [-0.15, -0.1) is 0 Å². The van der Waals surface area contributed by atoms with Crippen molar-refractivity contribution in [3.05, 3.63) is 24.1 Å². The summed E-state index contributed by atoms with van der Waals surface area (Å²) in [6, 6.07) is 1.93. The molecule has 4 nitrogen and oxygen atoms in total. The van der Waals surface area contributed by atoms with Crippen molar-refractivity contribution in [2.75, 3.05) is 5.73 Å². The Hall–Kier alpha value is -1.92. The number of anilines is 1. The average molecular weight is 218 g/mol. The van der Waals surface area contributed by atoms with Crippen LogP contribution in [0, 0.1) is 0 Å². The fraction of sp³-hybridized carbons (Fsp3) is 0.125. The zero-order valence-electron chi connectivity index (χ0n) is 7.21. The van der Waals surface area contributed by atoms with Crippen molar-refractivity contribution >= 4 is 5.69 Å². The number of alkyl halides is 3. The minimum Gasteiger partial charge on any atom is -0.448 e. The molecule has 80 valence electrons. The van der Waals surface area contributed by atoms with Crippen LogP contribution in [0.1, 0.15) is 5.76 Å². The first-order valence-corrected chi connectivity index (χ1v) is 3.86. The largest absolute Gasteiger partial charge is 0.449 e. The van der Waals surface area contributed by atoms with E-state index in [1.807, 2.05) is 0 Å². The molecule has 0 aliphatic heterocycles. The Bertz CT molecular complexity index is 472. The molecule has 2 aromatic rings. The molecule has 0 atom stereocenters. The second kappa shape index (κ2) is 3.04. The van der Waals surface area contributed by atoms with E-state index in [4.69, 9.17) is 5.73 Å². The van der Waals surface area contributed by atoms with Crippen molar-refractivity contribution in [2.24, 2.45) is 0 Å². The van der Waals surface area contributed by atoms with Crippen LogP contribution in [0.3, 0.4) is 0 Å². The molecule has 15 heavy (non-hydrogen) atoms. The minimum absolute atomic E-state index is 0.00880. The van der Waals surface area contributed by atoms with Gasteiger partial charge in [-0.2, -0.15) is 13.2 Å². The molecule has 0 fully saturated rings. The van der Waals surface area contributed by atoms with Crippen LogP contribution < -0.4 is 5.73 Å². The first-order valence-electron chi connectivity index (χ1n) is 3.86.